The lowest BCUT2D eigenvalue weighted by Gasteiger charge is -2.08. The van der Waals surface area contributed by atoms with Crippen molar-refractivity contribution in [3.05, 3.63) is 65.8 Å². The number of aryl methyl sites for hydroxylation is 2. The van der Waals surface area contributed by atoms with Crippen LogP contribution in [0.5, 0.6) is 0 Å². The van der Waals surface area contributed by atoms with Crippen LogP contribution in [0.2, 0.25) is 0 Å². The Hall–Kier alpha value is -1.16. The standard InChI is InChI=1S/C24H30I2N2O2/c1-17-9-11-19(15-21(17)25)23(29)27-13-7-5-3-4-6-8-14-28-24(30)20-12-10-18(2)22(26)16-20/h9-12,15-16H,3-8,13-14H2,1-2H3,(H,27,29)(H,28,30). The fourth-order valence-electron chi connectivity index (χ4n) is 3.03. The first-order valence-electron chi connectivity index (χ1n) is 10.5. The zero-order valence-electron chi connectivity index (χ0n) is 17.7. The molecular formula is C24H30I2N2O2. The molecule has 0 saturated carbocycles. The van der Waals surface area contributed by atoms with Crippen molar-refractivity contribution < 1.29 is 9.59 Å². The van der Waals surface area contributed by atoms with Crippen LogP contribution in [-0.4, -0.2) is 24.9 Å². The van der Waals surface area contributed by atoms with E-state index >= 15 is 0 Å². The monoisotopic (exact) mass is 632 g/mol. The normalized spacial score (nSPS) is 10.7. The van der Waals surface area contributed by atoms with Gasteiger partial charge in [0.2, 0.25) is 0 Å². The lowest BCUT2D eigenvalue weighted by molar-refractivity contribution is 0.0944. The molecule has 0 aliphatic rings. The fraction of sp³-hybridized carbons (Fsp3) is 0.417. The Morgan fingerprint density at radius 1 is 0.667 bits per heavy atom. The summed E-state index contributed by atoms with van der Waals surface area (Å²) >= 11 is 4.52. The molecule has 0 aliphatic carbocycles. The maximum absolute atomic E-state index is 12.2. The molecule has 6 heteroatoms. The smallest absolute Gasteiger partial charge is 0.251 e. The van der Waals surface area contributed by atoms with Crippen LogP contribution in [0.15, 0.2) is 36.4 Å². The summed E-state index contributed by atoms with van der Waals surface area (Å²) < 4.78 is 2.23. The molecule has 0 saturated heterocycles. The van der Waals surface area contributed by atoms with Crippen molar-refractivity contribution in [1.29, 1.82) is 0 Å². The van der Waals surface area contributed by atoms with Crippen molar-refractivity contribution in [2.24, 2.45) is 0 Å². The number of benzene rings is 2. The van der Waals surface area contributed by atoms with Gasteiger partial charge in [-0.3, -0.25) is 9.59 Å². The van der Waals surface area contributed by atoms with E-state index in [-0.39, 0.29) is 11.8 Å². The molecule has 2 rings (SSSR count). The van der Waals surface area contributed by atoms with Crippen LogP contribution >= 0.6 is 45.2 Å². The highest BCUT2D eigenvalue weighted by molar-refractivity contribution is 14.1. The molecule has 0 unspecified atom stereocenters. The first-order chi connectivity index (χ1) is 14.4. The molecule has 0 bridgehead atoms. The Bertz CT molecular complexity index is 797. The van der Waals surface area contributed by atoms with Gasteiger partial charge in [0.05, 0.1) is 0 Å². The first-order valence-corrected chi connectivity index (χ1v) is 12.6. The van der Waals surface area contributed by atoms with E-state index in [1.807, 2.05) is 50.2 Å². The first kappa shape index (κ1) is 25.1. The third kappa shape index (κ3) is 8.53. The SMILES string of the molecule is Cc1ccc(C(=O)NCCCCCCCCNC(=O)c2ccc(C)c(I)c2)cc1I. The molecule has 0 heterocycles. The maximum atomic E-state index is 12.2. The number of carbonyl (C=O) groups is 2. The zero-order chi connectivity index (χ0) is 21.9. The Morgan fingerprint density at radius 2 is 1.03 bits per heavy atom. The zero-order valence-corrected chi connectivity index (χ0v) is 22.0. The molecule has 4 nitrogen and oxygen atoms in total. The molecule has 30 heavy (non-hydrogen) atoms. The van der Waals surface area contributed by atoms with Crippen LogP contribution in [0.25, 0.3) is 0 Å². The van der Waals surface area contributed by atoms with Crippen LogP contribution in [-0.2, 0) is 0 Å². The van der Waals surface area contributed by atoms with E-state index in [1.165, 1.54) is 11.1 Å². The van der Waals surface area contributed by atoms with E-state index in [0.717, 1.165) is 56.8 Å². The molecule has 0 fully saturated rings. The average Bonchev–Trinajstić information content (AvgIpc) is 2.73. The van der Waals surface area contributed by atoms with Crippen molar-refractivity contribution in [2.75, 3.05) is 13.1 Å². The Labute approximate surface area is 207 Å². The summed E-state index contributed by atoms with van der Waals surface area (Å²) in [5, 5.41) is 6.00. The van der Waals surface area contributed by atoms with Gasteiger partial charge in [0, 0.05) is 31.4 Å². The van der Waals surface area contributed by atoms with Gasteiger partial charge in [0.15, 0.2) is 0 Å². The number of hydrogen-bond donors (Lipinski definition) is 2. The number of halogens is 2. The molecule has 2 aromatic rings. The average molecular weight is 632 g/mol. The molecule has 0 atom stereocenters. The van der Waals surface area contributed by atoms with Crippen LogP contribution in [0, 0.1) is 21.0 Å². The van der Waals surface area contributed by atoms with Gasteiger partial charge >= 0.3 is 0 Å². The molecule has 0 aromatic heterocycles. The summed E-state index contributed by atoms with van der Waals surface area (Å²) in [4.78, 5) is 24.3. The van der Waals surface area contributed by atoms with Gasteiger partial charge in [-0.2, -0.15) is 0 Å². The quantitative estimate of drug-likeness (QED) is 0.236. The van der Waals surface area contributed by atoms with Gasteiger partial charge < -0.3 is 10.6 Å². The molecule has 0 radical (unpaired) electrons. The van der Waals surface area contributed by atoms with Gasteiger partial charge in [-0.1, -0.05) is 37.8 Å². The summed E-state index contributed by atoms with van der Waals surface area (Å²) in [7, 11) is 0. The second-order valence-corrected chi connectivity index (χ2v) is 9.89. The molecule has 0 aliphatic heterocycles. The minimum Gasteiger partial charge on any atom is -0.352 e. The van der Waals surface area contributed by atoms with E-state index in [9.17, 15) is 9.59 Å². The summed E-state index contributed by atoms with van der Waals surface area (Å²) in [6, 6.07) is 11.6. The predicted molar refractivity (Wildman–Crippen MR) is 140 cm³/mol. The fourth-order valence-corrected chi connectivity index (χ4v) is 4.06. The maximum Gasteiger partial charge on any atom is 0.251 e. The summed E-state index contributed by atoms with van der Waals surface area (Å²) in [5.74, 6) is 0.0128. The van der Waals surface area contributed by atoms with Gasteiger partial charge in [-0.25, -0.2) is 0 Å². The van der Waals surface area contributed by atoms with Crippen LogP contribution < -0.4 is 10.6 Å². The van der Waals surface area contributed by atoms with E-state index in [0.29, 0.717) is 13.1 Å². The number of hydrogen-bond acceptors (Lipinski definition) is 2. The predicted octanol–water partition coefficient (Wildman–Crippen LogP) is 6.01. The molecule has 2 aromatic carbocycles. The van der Waals surface area contributed by atoms with Gasteiger partial charge in [0.1, 0.15) is 0 Å². The minimum atomic E-state index is 0.00641. The summed E-state index contributed by atoms with van der Waals surface area (Å²) in [6.45, 7) is 5.52. The third-order valence-corrected chi connectivity index (χ3v) is 7.37. The van der Waals surface area contributed by atoms with Crippen LogP contribution in [0.1, 0.15) is 70.4 Å². The van der Waals surface area contributed by atoms with Crippen molar-refractivity contribution in [3.63, 3.8) is 0 Å². The van der Waals surface area contributed by atoms with Crippen molar-refractivity contribution in [3.8, 4) is 0 Å². The highest BCUT2D eigenvalue weighted by Gasteiger charge is 2.07. The lowest BCUT2D eigenvalue weighted by atomic mass is 10.1. The highest BCUT2D eigenvalue weighted by Crippen LogP contribution is 2.14. The van der Waals surface area contributed by atoms with E-state index in [2.05, 4.69) is 55.8 Å². The van der Waals surface area contributed by atoms with Crippen molar-refractivity contribution >= 4 is 57.0 Å². The Kier molecular flexibility index (Phi) is 11.1. The van der Waals surface area contributed by atoms with Crippen molar-refractivity contribution in [1.82, 2.24) is 10.6 Å². The van der Waals surface area contributed by atoms with E-state index in [4.69, 9.17) is 0 Å². The van der Waals surface area contributed by atoms with Gasteiger partial charge in [0.25, 0.3) is 11.8 Å². The summed E-state index contributed by atoms with van der Waals surface area (Å²) in [6.07, 6.45) is 6.53. The molecule has 2 amide bonds. The van der Waals surface area contributed by atoms with E-state index in [1.54, 1.807) is 0 Å². The third-order valence-electron chi connectivity index (χ3n) is 5.04. The largest absolute Gasteiger partial charge is 0.352 e. The molecule has 2 N–H and O–H groups in total. The Morgan fingerprint density at radius 3 is 1.40 bits per heavy atom. The molecule has 0 spiro atoms. The molecular weight excluding hydrogens is 602 g/mol. The van der Waals surface area contributed by atoms with Gasteiger partial charge in [-0.15, -0.1) is 0 Å². The summed E-state index contributed by atoms with van der Waals surface area (Å²) in [5.41, 5.74) is 3.84. The van der Waals surface area contributed by atoms with E-state index < -0.39 is 0 Å². The van der Waals surface area contributed by atoms with Crippen LogP contribution in [0.4, 0.5) is 0 Å². The Balaban J connectivity index is 1.49. The number of unbranched alkanes of at least 4 members (excludes halogenated alkanes) is 5. The van der Waals surface area contributed by atoms with Crippen molar-refractivity contribution in [2.45, 2.75) is 52.4 Å². The lowest BCUT2D eigenvalue weighted by Crippen LogP contribution is -2.24. The topological polar surface area (TPSA) is 58.2 Å². The minimum absolute atomic E-state index is 0.00641. The number of rotatable bonds is 11. The number of nitrogens with one attached hydrogen (secondary N) is 2. The highest BCUT2D eigenvalue weighted by atomic mass is 127. The molecule has 162 valence electrons. The second kappa shape index (κ2) is 13.3. The number of carbonyl (C=O) groups excluding carboxylic acids is 2. The second-order valence-electron chi connectivity index (χ2n) is 7.56. The number of amides is 2. The van der Waals surface area contributed by atoms with Crippen LogP contribution in [0.3, 0.4) is 0 Å². The van der Waals surface area contributed by atoms with Gasteiger partial charge in [-0.05, 0) is 107 Å².